The zero-order valence-corrected chi connectivity index (χ0v) is 13.7. The van der Waals surface area contributed by atoms with Crippen molar-refractivity contribution in [1.29, 1.82) is 0 Å². The van der Waals surface area contributed by atoms with Crippen LogP contribution in [-0.4, -0.2) is 14.8 Å². The van der Waals surface area contributed by atoms with Gasteiger partial charge in [0.15, 0.2) is 0 Å². The van der Waals surface area contributed by atoms with E-state index in [2.05, 4.69) is 10.1 Å². The van der Waals surface area contributed by atoms with Gasteiger partial charge in [-0.3, -0.25) is 0 Å². The minimum absolute atomic E-state index is 0.129. The second kappa shape index (κ2) is 4.86. The molecule has 6 nitrogen and oxygen atoms in total. The van der Waals surface area contributed by atoms with Gasteiger partial charge < -0.3 is 8.83 Å². The van der Waals surface area contributed by atoms with E-state index in [9.17, 15) is 4.79 Å². The fraction of sp³-hybridized carbons (Fsp3) is 0.667. The van der Waals surface area contributed by atoms with Gasteiger partial charge in [0.2, 0.25) is 11.8 Å². The summed E-state index contributed by atoms with van der Waals surface area (Å²) in [7, 11) is 0. The molecule has 0 aliphatic carbocycles. The van der Waals surface area contributed by atoms with Crippen molar-refractivity contribution in [2.45, 2.75) is 65.3 Å². The van der Waals surface area contributed by atoms with Gasteiger partial charge in [0.25, 0.3) is 0 Å². The second-order valence-corrected chi connectivity index (χ2v) is 7.36. The lowest BCUT2D eigenvalue weighted by atomic mass is 9.94. The van der Waals surface area contributed by atoms with Gasteiger partial charge in [0, 0.05) is 10.8 Å². The van der Waals surface area contributed by atoms with Gasteiger partial charge >= 0.3 is 5.76 Å². The van der Waals surface area contributed by atoms with Crippen LogP contribution in [0.15, 0.2) is 19.8 Å². The summed E-state index contributed by atoms with van der Waals surface area (Å²) in [5, 5.41) is 4.27. The summed E-state index contributed by atoms with van der Waals surface area (Å²) in [6.45, 7) is 13.8. The van der Waals surface area contributed by atoms with Crippen LogP contribution in [0.2, 0.25) is 0 Å². The molecule has 0 aliphatic rings. The Kier molecular flexibility index (Phi) is 3.59. The van der Waals surface area contributed by atoms with Crippen molar-refractivity contribution < 1.29 is 8.83 Å². The Morgan fingerprint density at radius 1 is 1.10 bits per heavy atom. The maximum absolute atomic E-state index is 12.0. The van der Waals surface area contributed by atoms with E-state index in [-0.39, 0.29) is 10.8 Å². The molecule has 116 valence electrons. The van der Waals surface area contributed by atoms with Gasteiger partial charge in [0.1, 0.15) is 11.8 Å². The molecule has 0 unspecified atom stereocenters. The quantitative estimate of drug-likeness (QED) is 0.850. The van der Waals surface area contributed by atoms with Crippen molar-refractivity contribution in [2.75, 3.05) is 0 Å². The molecule has 0 amide bonds. The molecular weight excluding hydrogens is 270 g/mol. The predicted octanol–water partition coefficient (Wildman–Crippen LogP) is 3.03. The fourth-order valence-corrected chi connectivity index (χ4v) is 1.77. The Bertz CT molecular complexity index is 680. The molecule has 0 aromatic carbocycles. The summed E-state index contributed by atoms with van der Waals surface area (Å²) < 4.78 is 12.3. The van der Waals surface area contributed by atoms with Gasteiger partial charge in [-0.25, -0.2) is 9.78 Å². The van der Waals surface area contributed by atoms with Crippen molar-refractivity contribution in [3.63, 3.8) is 0 Å². The van der Waals surface area contributed by atoms with Crippen LogP contribution < -0.4 is 5.76 Å². The minimum atomic E-state index is -0.497. The van der Waals surface area contributed by atoms with Crippen LogP contribution >= 0.6 is 0 Å². The summed E-state index contributed by atoms with van der Waals surface area (Å²) in [6, 6.07) is -0.409. The van der Waals surface area contributed by atoms with Crippen LogP contribution in [0.5, 0.6) is 0 Å². The van der Waals surface area contributed by atoms with Gasteiger partial charge in [-0.1, -0.05) is 41.5 Å². The Morgan fingerprint density at radius 3 is 2.14 bits per heavy atom. The molecule has 0 fully saturated rings. The topological polar surface area (TPSA) is 74.1 Å². The smallest absolute Gasteiger partial charge is 0.437 e. The predicted molar refractivity (Wildman–Crippen MR) is 78.5 cm³/mol. The maximum Gasteiger partial charge on any atom is 0.437 e. The molecule has 2 heterocycles. The van der Waals surface area contributed by atoms with Crippen LogP contribution in [0.3, 0.4) is 0 Å². The first-order valence-corrected chi connectivity index (χ1v) is 7.06. The van der Waals surface area contributed by atoms with Gasteiger partial charge in [-0.05, 0) is 6.92 Å². The Hall–Kier alpha value is -1.85. The highest BCUT2D eigenvalue weighted by Crippen LogP contribution is 2.26. The fourth-order valence-electron chi connectivity index (χ4n) is 1.77. The monoisotopic (exact) mass is 293 g/mol. The maximum atomic E-state index is 12.0. The zero-order valence-electron chi connectivity index (χ0n) is 13.7. The zero-order chi connectivity index (χ0) is 16.0. The van der Waals surface area contributed by atoms with Gasteiger partial charge in [-0.2, -0.15) is 4.68 Å². The summed E-state index contributed by atoms with van der Waals surface area (Å²) in [4.78, 5) is 16.2. The molecule has 2 aromatic rings. The third kappa shape index (κ3) is 3.09. The van der Waals surface area contributed by atoms with Crippen LogP contribution in [0, 0.1) is 0 Å². The molecule has 0 bridgehead atoms. The number of nitrogens with zero attached hydrogens (tertiary/aromatic N) is 3. The number of aromatic nitrogens is 3. The molecule has 0 radical (unpaired) electrons. The third-order valence-corrected chi connectivity index (χ3v) is 3.20. The Labute approximate surface area is 124 Å². The van der Waals surface area contributed by atoms with Crippen molar-refractivity contribution in [2.24, 2.45) is 0 Å². The lowest BCUT2D eigenvalue weighted by Crippen LogP contribution is -2.21. The van der Waals surface area contributed by atoms with E-state index in [0.717, 1.165) is 5.76 Å². The van der Waals surface area contributed by atoms with E-state index in [1.165, 1.54) is 4.68 Å². The van der Waals surface area contributed by atoms with Gasteiger partial charge in [0.05, 0.1) is 6.20 Å². The molecular formula is C15H23N3O3. The first-order valence-electron chi connectivity index (χ1n) is 7.06. The number of rotatable bonds is 2. The van der Waals surface area contributed by atoms with Crippen LogP contribution in [0.25, 0.3) is 0 Å². The molecule has 0 spiro atoms. The average molecular weight is 293 g/mol. The van der Waals surface area contributed by atoms with E-state index < -0.39 is 11.8 Å². The number of hydrogen-bond donors (Lipinski definition) is 0. The highest BCUT2D eigenvalue weighted by Gasteiger charge is 2.27. The second-order valence-electron chi connectivity index (χ2n) is 7.36. The summed E-state index contributed by atoms with van der Waals surface area (Å²) in [5.41, 5.74) is -0.451. The summed E-state index contributed by atoms with van der Waals surface area (Å²) in [6.07, 6.45) is 1.70. The number of hydrogen-bond acceptors (Lipinski definition) is 5. The van der Waals surface area contributed by atoms with Crippen molar-refractivity contribution in [3.8, 4) is 0 Å². The molecule has 0 N–H and O–H groups in total. The third-order valence-electron chi connectivity index (χ3n) is 3.20. The standard InChI is InChI=1S/C15H23N3O3/c1-9(11-16-8-10(20-11)14(2,3)4)18-13(19)21-12(17-18)15(5,6)7/h8-9H,1-7H3/t9-/m0/s1. The highest BCUT2D eigenvalue weighted by molar-refractivity contribution is 5.07. The van der Waals surface area contributed by atoms with Crippen molar-refractivity contribution in [3.05, 3.63) is 34.3 Å². The average Bonchev–Trinajstić information content (AvgIpc) is 2.92. The van der Waals surface area contributed by atoms with E-state index in [1.54, 1.807) is 6.20 Å². The molecule has 0 saturated carbocycles. The molecule has 2 rings (SSSR count). The van der Waals surface area contributed by atoms with E-state index in [0.29, 0.717) is 11.8 Å². The molecule has 0 saturated heterocycles. The summed E-state index contributed by atoms with van der Waals surface area (Å²) in [5.74, 6) is 1.14. The minimum Gasteiger partial charge on any atom is -0.443 e. The van der Waals surface area contributed by atoms with E-state index in [4.69, 9.17) is 8.83 Å². The molecule has 21 heavy (non-hydrogen) atoms. The van der Waals surface area contributed by atoms with E-state index >= 15 is 0 Å². The van der Waals surface area contributed by atoms with Gasteiger partial charge in [-0.15, -0.1) is 5.10 Å². The lowest BCUT2D eigenvalue weighted by molar-refractivity contribution is 0.338. The largest absolute Gasteiger partial charge is 0.443 e. The van der Waals surface area contributed by atoms with Crippen LogP contribution in [-0.2, 0) is 10.8 Å². The first kappa shape index (κ1) is 15.5. The highest BCUT2D eigenvalue weighted by atomic mass is 16.4. The SMILES string of the molecule is C[C@@H](c1ncc(C(C)(C)C)o1)n1nc(C(C)(C)C)oc1=O. The van der Waals surface area contributed by atoms with Crippen molar-refractivity contribution in [1.82, 2.24) is 14.8 Å². The van der Waals surface area contributed by atoms with Crippen molar-refractivity contribution >= 4 is 0 Å². The lowest BCUT2D eigenvalue weighted by Gasteiger charge is -2.14. The van der Waals surface area contributed by atoms with E-state index in [1.807, 2.05) is 48.5 Å². The molecule has 6 heteroatoms. The Balaban J connectivity index is 2.37. The molecule has 2 aromatic heterocycles. The molecule has 1 atom stereocenters. The Morgan fingerprint density at radius 2 is 1.71 bits per heavy atom. The van der Waals surface area contributed by atoms with Crippen LogP contribution in [0.1, 0.15) is 72.0 Å². The molecule has 0 aliphatic heterocycles. The summed E-state index contributed by atoms with van der Waals surface area (Å²) >= 11 is 0. The number of oxazole rings is 1. The van der Waals surface area contributed by atoms with Crippen LogP contribution in [0.4, 0.5) is 0 Å². The first-order chi connectivity index (χ1) is 9.50. The normalized spacial score (nSPS) is 14.4.